The van der Waals surface area contributed by atoms with Crippen LogP contribution in [-0.4, -0.2) is 76.5 Å². The Hall–Kier alpha value is -3.08. The highest BCUT2D eigenvalue weighted by Crippen LogP contribution is 2.33. The zero-order valence-electron chi connectivity index (χ0n) is 19.8. The van der Waals surface area contributed by atoms with Gasteiger partial charge in [-0.3, -0.25) is 9.69 Å². The van der Waals surface area contributed by atoms with Crippen LogP contribution in [0.1, 0.15) is 42.4 Å². The fourth-order valence-corrected chi connectivity index (χ4v) is 3.57. The van der Waals surface area contributed by atoms with Gasteiger partial charge >= 0.3 is 12.3 Å². The molecule has 1 N–H and O–H groups in total. The molecule has 2 heterocycles. The molecule has 0 bridgehead atoms. The lowest BCUT2D eigenvalue weighted by molar-refractivity contribution is -0.143. The van der Waals surface area contributed by atoms with Gasteiger partial charge in [-0.05, 0) is 39.8 Å². The molecular weight excluding hydrogens is 451 g/mol. The van der Waals surface area contributed by atoms with Crippen LogP contribution in [0, 0.1) is 6.92 Å². The lowest BCUT2D eigenvalue weighted by Crippen LogP contribution is -2.51. The average molecular weight is 482 g/mol. The molecule has 0 spiro atoms. The molecule has 2 aromatic rings. The highest BCUT2D eigenvalue weighted by molar-refractivity contribution is 5.95. The summed E-state index contributed by atoms with van der Waals surface area (Å²) in [5, 5.41) is 6.39. The summed E-state index contributed by atoms with van der Waals surface area (Å²) < 4.78 is 47.5. The van der Waals surface area contributed by atoms with Gasteiger partial charge in [0.05, 0.1) is 17.4 Å². The van der Waals surface area contributed by atoms with Crippen LogP contribution in [-0.2, 0) is 10.9 Å². The second kappa shape index (κ2) is 10.0. The second-order valence-corrected chi connectivity index (χ2v) is 9.22. The van der Waals surface area contributed by atoms with E-state index < -0.39 is 28.9 Å². The van der Waals surface area contributed by atoms with E-state index in [0.717, 1.165) is 16.4 Å². The van der Waals surface area contributed by atoms with Crippen molar-refractivity contribution in [3.8, 4) is 5.69 Å². The number of rotatable bonds is 5. The number of hydrogen-bond donors (Lipinski definition) is 1. The highest BCUT2D eigenvalue weighted by atomic mass is 19.4. The number of carbonyl (C=O) groups excluding carboxylic acids is 2. The number of nitrogens with one attached hydrogen (secondary N) is 1. The van der Waals surface area contributed by atoms with E-state index in [1.807, 2.05) is 11.8 Å². The third-order valence-electron chi connectivity index (χ3n) is 5.30. The maximum Gasteiger partial charge on any atom is 0.434 e. The van der Waals surface area contributed by atoms with Crippen LogP contribution in [0.5, 0.6) is 0 Å². The van der Waals surface area contributed by atoms with Crippen LogP contribution in [0.4, 0.5) is 18.0 Å². The number of piperazine rings is 1. The number of ether oxygens (including phenoxy) is 1. The Morgan fingerprint density at radius 3 is 2.24 bits per heavy atom. The fraction of sp³-hybridized carbons (Fsp3) is 0.522. The number of alkyl halides is 3. The van der Waals surface area contributed by atoms with Gasteiger partial charge in [0.15, 0.2) is 5.69 Å². The first kappa shape index (κ1) is 25.5. The van der Waals surface area contributed by atoms with Gasteiger partial charge in [-0.2, -0.15) is 18.3 Å². The summed E-state index contributed by atoms with van der Waals surface area (Å²) in [6, 6.07) is 6.41. The van der Waals surface area contributed by atoms with Crippen LogP contribution in [0.25, 0.3) is 5.69 Å². The molecule has 1 aliphatic rings. The molecule has 1 fully saturated rings. The lowest BCUT2D eigenvalue weighted by Gasteiger charge is -2.35. The van der Waals surface area contributed by atoms with Gasteiger partial charge in [-0.15, -0.1) is 0 Å². The third kappa shape index (κ3) is 6.49. The maximum absolute atomic E-state index is 13.8. The fourth-order valence-electron chi connectivity index (χ4n) is 3.57. The Labute approximate surface area is 196 Å². The quantitative estimate of drug-likeness (QED) is 0.708. The molecular formula is C23H30F3N5O3. The van der Waals surface area contributed by atoms with Gasteiger partial charge in [0, 0.05) is 39.3 Å². The summed E-state index contributed by atoms with van der Waals surface area (Å²) in [6.07, 6.45) is -4.19. The molecule has 0 atom stereocenters. The summed E-state index contributed by atoms with van der Waals surface area (Å²) in [6.45, 7) is 9.96. The van der Waals surface area contributed by atoms with Gasteiger partial charge in [-0.1, -0.05) is 17.7 Å². The van der Waals surface area contributed by atoms with Crippen molar-refractivity contribution < 1.29 is 27.5 Å². The molecule has 2 amide bonds. The zero-order chi connectivity index (χ0) is 25.1. The molecule has 1 saturated heterocycles. The third-order valence-corrected chi connectivity index (χ3v) is 5.30. The van der Waals surface area contributed by atoms with Gasteiger partial charge < -0.3 is 15.0 Å². The molecule has 8 nitrogen and oxygen atoms in total. The minimum Gasteiger partial charge on any atom is -0.444 e. The van der Waals surface area contributed by atoms with Gasteiger partial charge in [0.1, 0.15) is 5.60 Å². The first-order valence-corrected chi connectivity index (χ1v) is 11.1. The van der Waals surface area contributed by atoms with E-state index in [1.54, 1.807) is 37.8 Å². The molecule has 3 rings (SSSR count). The van der Waals surface area contributed by atoms with E-state index in [9.17, 15) is 22.8 Å². The number of benzene rings is 1. The minimum atomic E-state index is -4.76. The molecule has 0 radical (unpaired) electrons. The van der Waals surface area contributed by atoms with Crippen molar-refractivity contribution in [1.29, 1.82) is 0 Å². The number of aryl methyl sites for hydroxylation is 1. The molecule has 11 heteroatoms. The highest BCUT2D eigenvalue weighted by Gasteiger charge is 2.40. The van der Waals surface area contributed by atoms with Crippen LogP contribution in [0.2, 0.25) is 0 Å². The average Bonchev–Trinajstić information content (AvgIpc) is 3.19. The molecule has 1 aromatic heterocycles. The summed E-state index contributed by atoms with van der Waals surface area (Å²) in [5.41, 5.74) is -1.09. The SMILES string of the molecule is Cc1ccc(-n2ncc(C(=O)NCCN3CCN(C(=O)OC(C)(C)C)CC3)c2C(F)(F)F)cc1. The van der Waals surface area contributed by atoms with Crippen LogP contribution < -0.4 is 5.32 Å². The number of halogens is 3. The maximum atomic E-state index is 13.8. The van der Waals surface area contributed by atoms with E-state index in [2.05, 4.69) is 10.4 Å². The Kier molecular flexibility index (Phi) is 7.54. The van der Waals surface area contributed by atoms with E-state index in [0.29, 0.717) is 32.7 Å². The van der Waals surface area contributed by atoms with E-state index in [-0.39, 0.29) is 18.3 Å². The normalized spacial score (nSPS) is 15.3. The standard InChI is InChI=1S/C23H30F3N5O3/c1-16-5-7-17(8-6-16)31-19(23(24,25)26)18(15-28-31)20(32)27-9-10-29-11-13-30(14-12-29)21(33)34-22(2,3)4/h5-8,15H,9-14H2,1-4H3,(H,27,32). The van der Waals surface area contributed by atoms with Gasteiger partial charge in [-0.25, -0.2) is 9.48 Å². The van der Waals surface area contributed by atoms with Crippen molar-refractivity contribution in [3.63, 3.8) is 0 Å². The monoisotopic (exact) mass is 481 g/mol. The Bertz CT molecular complexity index is 1000. The number of hydrogen-bond acceptors (Lipinski definition) is 5. The van der Waals surface area contributed by atoms with Crippen molar-refractivity contribution in [1.82, 2.24) is 24.9 Å². The molecule has 0 aliphatic carbocycles. The molecule has 0 saturated carbocycles. The number of aromatic nitrogens is 2. The van der Waals surface area contributed by atoms with E-state index in [4.69, 9.17) is 4.74 Å². The van der Waals surface area contributed by atoms with Crippen molar-refractivity contribution >= 4 is 12.0 Å². The first-order valence-electron chi connectivity index (χ1n) is 11.1. The summed E-state index contributed by atoms with van der Waals surface area (Å²) in [4.78, 5) is 28.4. The van der Waals surface area contributed by atoms with E-state index >= 15 is 0 Å². The van der Waals surface area contributed by atoms with Crippen molar-refractivity contribution in [3.05, 3.63) is 47.3 Å². The lowest BCUT2D eigenvalue weighted by atomic mass is 10.2. The van der Waals surface area contributed by atoms with Crippen molar-refractivity contribution in [2.24, 2.45) is 0 Å². The number of carbonyl (C=O) groups is 2. The predicted molar refractivity (Wildman–Crippen MR) is 120 cm³/mol. The minimum absolute atomic E-state index is 0.165. The summed E-state index contributed by atoms with van der Waals surface area (Å²) in [7, 11) is 0. The zero-order valence-corrected chi connectivity index (χ0v) is 19.8. The largest absolute Gasteiger partial charge is 0.444 e. The smallest absolute Gasteiger partial charge is 0.434 e. The molecule has 1 aromatic carbocycles. The van der Waals surface area contributed by atoms with E-state index in [1.165, 1.54) is 12.1 Å². The molecule has 186 valence electrons. The number of amides is 2. The Morgan fingerprint density at radius 2 is 1.68 bits per heavy atom. The van der Waals surface area contributed by atoms with Crippen molar-refractivity contribution in [2.75, 3.05) is 39.3 Å². The predicted octanol–water partition coefficient (Wildman–Crippen LogP) is 3.48. The summed E-state index contributed by atoms with van der Waals surface area (Å²) >= 11 is 0. The second-order valence-electron chi connectivity index (χ2n) is 9.22. The Morgan fingerprint density at radius 1 is 1.06 bits per heavy atom. The molecule has 34 heavy (non-hydrogen) atoms. The van der Waals surface area contributed by atoms with Crippen LogP contribution in [0.15, 0.2) is 30.5 Å². The van der Waals surface area contributed by atoms with Crippen molar-refractivity contribution in [2.45, 2.75) is 39.5 Å². The molecule has 0 unspecified atom stereocenters. The van der Waals surface area contributed by atoms with Crippen LogP contribution >= 0.6 is 0 Å². The van der Waals surface area contributed by atoms with Gasteiger partial charge in [0.25, 0.3) is 5.91 Å². The Balaban J connectivity index is 1.57. The topological polar surface area (TPSA) is 79.7 Å². The summed E-state index contributed by atoms with van der Waals surface area (Å²) in [5.74, 6) is -0.835. The first-order chi connectivity index (χ1) is 15.8. The van der Waals surface area contributed by atoms with Gasteiger partial charge in [0.2, 0.25) is 0 Å². The van der Waals surface area contributed by atoms with Crippen LogP contribution in [0.3, 0.4) is 0 Å². The number of nitrogens with zero attached hydrogens (tertiary/aromatic N) is 4. The molecule has 1 aliphatic heterocycles.